The van der Waals surface area contributed by atoms with Crippen LogP contribution in [0.5, 0.6) is 11.5 Å². The van der Waals surface area contributed by atoms with Gasteiger partial charge in [-0.2, -0.15) is 5.10 Å². The summed E-state index contributed by atoms with van der Waals surface area (Å²) >= 11 is 0. The molecule has 0 spiro atoms. The van der Waals surface area contributed by atoms with Crippen LogP contribution in [0.4, 0.5) is 17.2 Å². The van der Waals surface area contributed by atoms with Gasteiger partial charge in [-0.3, -0.25) is 4.79 Å². The molecule has 4 heterocycles. The summed E-state index contributed by atoms with van der Waals surface area (Å²) in [7, 11) is 0. The fraction of sp³-hybridized carbons (Fsp3) is 0.138. The van der Waals surface area contributed by atoms with Gasteiger partial charge in [-0.05, 0) is 61.4 Å². The van der Waals surface area contributed by atoms with Gasteiger partial charge < -0.3 is 15.0 Å². The third kappa shape index (κ3) is 4.24. The van der Waals surface area contributed by atoms with Crippen molar-refractivity contribution < 1.29 is 9.53 Å². The van der Waals surface area contributed by atoms with Crippen LogP contribution in [0.15, 0.2) is 92.2 Å². The second kappa shape index (κ2) is 9.44. The van der Waals surface area contributed by atoms with Crippen molar-refractivity contribution in [2.75, 3.05) is 16.8 Å². The molecule has 38 heavy (non-hydrogen) atoms. The van der Waals surface area contributed by atoms with Crippen LogP contribution in [0, 0.1) is 12.8 Å². The molecule has 5 aromatic rings. The smallest absolute Gasteiger partial charge is 0.253 e. The van der Waals surface area contributed by atoms with Crippen LogP contribution in [0.1, 0.15) is 12.0 Å². The molecule has 3 aromatic heterocycles. The summed E-state index contributed by atoms with van der Waals surface area (Å²) in [6.07, 6.45) is 7.39. The third-order valence-corrected chi connectivity index (χ3v) is 6.72. The van der Waals surface area contributed by atoms with E-state index in [-0.39, 0.29) is 11.8 Å². The Morgan fingerprint density at radius 3 is 2.84 bits per heavy atom. The molecule has 1 N–H and O–H groups in total. The lowest BCUT2D eigenvalue weighted by Crippen LogP contribution is -2.24. The number of nitrogens with one attached hydrogen (secondary N) is 1. The zero-order valence-electron chi connectivity index (χ0n) is 20.8. The van der Waals surface area contributed by atoms with Crippen LogP contribution in [0.3, 0.4) is 0 Å². The van der Waals surface area contributed by atoms with Gasteiger partial charge in [-0.25, -0.2) is 19.5 Å². The lowest BCUT2D eigenvalue weighted by atomic mass is 10.0. The molecule has 0 bridgehead atoms. The number of carbonyl (C=O) groups excluding carboxylic acids is 1. The normalized spacial score (nSPS) is 15.4. The van der Waals surface area contributed by atoms with E-state index in [1.54, 1.807) is 9.42 Å². The fourth-order valence-corrected chi connectivity index (χ4v) is 4.68. The van der Waals surface area contributed by atoms with Gasteiger partial charge in [0.25, 0.3) is 5.91 Å². The Morgan fingerprint density at radius 2 is 2.00 bits per heavy atom. The van der Waals surface area contributed by atoms with Crippen LogP contribution in [0.2, 0.25) is 0 Å². The highest BCUT2D eigenvalue weighted by molar-refractivity contribution is 6.09. The molecule has 0 unspecified atom stereocenters. The van der Waals surface area contributed by atoms with Crippen molar-refractivity contribution in [2.24, 2.45) is 5.92 Å². The van der Waals surface area contributed by atoms with Crippen LogP contribution >= 0.6 is 0 Å². The second-order valence-corrected chi connectivity index (χ2v) is 9.22. The minimum Gasteiger partial charge on any atom is -0.457 e. The first-order valence-electron chi connectivity index (χ1n) is 12.2. The Morgan fingerprint density at radius 1 is 1.11 bits per heavy atom. The number of rotatable bonds is 7. The average molecular weight is 504 g/mol. The van der Waals surface area contributed by atoms with Crippen molar-refractivity contribution in [3.8, 4) is 11.5 Å². The molecule has 9 heteroatoms. The summed E-state index contributed by atoms with van der Waals surface area (Å²) in [4.78, 5) is 27.7. The molecule has 0 aliphatic carbocycles. The molecule has 1 amide bonds. The predicted octanol–water partition coefficient (Wildman–Crippen LogP) is 5.61. The highest BCUT2D eigenvalue weighted by Gasteiger charge is 2.33. The Hall–Kier alpha value is -5.05. The van der Waals surface area contributed by atoms with Crippen LogP contribution < -0.4 is 15.0 Å². The number of anilines is 3. The quantitative estimate of drug-likeness (QED) is 0.228. The number of hydrogen-bond donors (Lipinski definition) is 1. The first kappa shape index (κ1) is 23.4. The van der Waals surface area contributed by atoms with Crippen LogP contribution in [-0.2, 0) is 4.79 Å². The molecular weight excluding hydrogens is 478 g/mol. The first-order chi connectivity index (χ1) is 18.5. The van der Waals surface area contributed by atoms with E-state index in [1.807, 2.05) is 67.7 Å². The van der Waals surface area contributed by atoms with E-state index >= 15 is 0 Å². The van der Waals surface area contributed by atoms with Gasteiger partial charge >= 0.3 is 0 Å². The molecule has 0 saturated carbocycles. The molecule has 1 aliphatic rings. The fourth-order valence-electron chi connectivity index (χ4n) is 4.68. The van der Waals surface area contributed by atoms with Crippen LogP contribution in [0.25, 0.3) is 16.6 Å². The van der Waals surface area contributed by atoms with Crippen molar-refractivity contribution in [1.29, 1.82) is 0 Å². The van der Waals surface area contributed by atoms with Gasteiger partial charge in [0.05, 0.1) is 5.52 Å². The summed E-state index contributed by atoms with van der Waals surface area (Å²) in [5.41, 5.74) is 4.70. The summed E-state index contributed by atoms with van der Waals surface area (Å²) in [6, 6.07) is 15.3. The number of nitrogens with zero attached hydrogens (tertiary/aromatic N) is 6. The number of allylic oxidation sites excluding steroid dienone is 1. The second-order valence-electron chi connectivity index (χ2n) is 9.22. The standard InChI is InChI=1S/C29H25N7O2/c1-4-5-20-15-35(29(37)19(20)3)22-7-8-25-24(13-22)28(32-16-30-25)34-21-6-9-26(18(2)12-21)38-23-10-11-36-27(14-23)31-17-33-36/h4,6-14,16-17,20H,1,3,5,15H2,2H3,(H,30,32,34)/t20-/m1/s1. The number of ether oxygens (including phenoxy) is 1. The summed E-state index contributed by atoms with van der Waals surface area (Å²) in [6.45, 7) is 10.4. The van der Waals surface area contributed by atoms with Gasteiger partial charge in [-0.15, -0.1) is 6.58 Å². The van der Waals surface area contributed by atoms with Crippen molar-refractivity contribution in [3.05, 3.63) is 97.8 Å². The Kier molecular flexibility index (Phi) is 5.80. The molecule has 0 radical (unpaired) electrons. The summed E-state index contributed by atoms with van der Waals surface area (Å²) in [5, 5.41) is 8.33. The Labute approximate surface area is 219 Å². The van der Waals surface area contributed by atoms with E-state index in [0.29, 0.717) is 29.3 Å². The number of aromatic nitrogens is 5. The van der Waals surface area contributed by atoms with Gasteiger partial charge in [0, 0.05) is 47.1 Å². The number of hydrogen-bond acceptors (Lipinski definition) is 7. The zero-order valence-corrected chi connectivity index (χ0v) is 20.8. The highest BCUT2D eigenvalue weighted by atomic mass is 16.5. The average Bonchev–Trinajstić information content (AvgIpc) is 3.50. The van der Waals surface area contributed by atoms with Gasteiger partial charge in [0.15, 0.2) is 5.65 Å². The van der Waals surface area contributed by atoms with Crippen molar-refractivity contribution in [3.63, 3.8) is 0 Å². The van der Waals surface area contributed by atoms with Crippen molar-refractivity contribution in [2.45, 2.75) is 13.3 Å². The molecular formula is C29H25N7O2. The first-order valence-corrected chi connectivity index (χ1v) is 12.2. The maximum Gasteiger partial charge on any atom is 0.253 e. The number of pyridine rings is 1. The van der Waals surface area contributed by atoms with E-state index < -0.39 is 0 Å². The van der Waals surface area contributed by atoms with E-state index in [2.05, 4.69) is 38.5 Å². The molecule has 188 valence electrons. The number of fused-ring (bicyclic) bond motifs is 2. The maximum absolute atomic E-state index is 12.9. The molecule has 2 aromatic carbocycles. The topological polar surface area (TPSA) is 97.5 Å². The number of carbonyl (C=O) groups is 1. The lowest BCUT2D eigenvalue weighted by Gasteiger charge is -2.17. The van der Waals surface area contributed by atoms with E-state index in [4.69, 9.17) is 4.74 Å². The minimum atomic E-state index is -0.0584. The molecule has 1 saturated heterocycles. The molecule has 1 fully saturated rings. The predicted molar refractivity (Wildman–Crippen MR) is 147 cm³/mol. The zero-order chi connectivity index (χ0) is 26.2. The third-order valence-electron chi connectivity index (χ3n) is 6.72. The van der Waals surface area contributed by atoms with Crippen molar-refractivity contribution >= 4 is 39.6 Å². The lowest BCUT2D eigenvalue weighted by molar-refractivity contribution is -0.114. The Balaban J connectivity index is 1.26. The van der Waals surface area contributed by atoms with Gasteiger partial charge in [0.1, 0.15) is 30.0 Å². The van der Waals surface area contributed by atoms with Crippen LogP contribution in [-0.4, -0.2) is 37.0 Å². The number of benzene rings is 2. The van der Waals surface area contributed by atoms with Gasteiger partial charge in [-0.1, -0.05) is 12.7 Å². The highest BCUT2D eigenvalue weighted by Crippen LogP contribution is 2.34. The number of aryl methyl sites for hydroxylation is 1. The minimum absolute atomic E-state index is 0.0584. The Bertz CT molecular complexity index is 1730. The van der Waals surface area contributed by atoms with Gasteiger partial charge in [0.2, 0.25) is 0 Å². The SMILES string of the molecule is C=CC[C@@H]1CN(c2ccc3ncnc(Nc4ccc(Oc5ccn6ncnc6c5)c(C)c4)c3c2)C(=O)C1=C. The monoisotopic (exact) mass is 503 g/mol. The number of amides is 1. The molecule has 6 rings (SSSR count). The van der Waals surface area contributed by atoms with E-state index in [9.17, 15) is 4.79 Å². The molecule has 9 nitrogen and oxygen atoms in total. The maximum atomic E-state index is 12.9. The van der Waals surface area contributed by atoms with E-state index in [0.717, 1.165) is 40.0 Å². The molecule has 1 aliphatic heterocycles. The molecule has 1 atom stereocenters. The van der Waals surface area contributed by atoms with Crippen molar-refractivity contribution in [1.82, 2.24) is 24.6 Å². The van der Waals surface area contributed by atoms with E-state index in [1.165, 1.54) is 12.7 Å². The largest absolute Gasteiger partial charge is 0.457 e. The summed E-state index contributed by atoms with van der Waals surface area (Å²) < 4.78 is 7.77. The summed E-state index contributed by atoms with van der Waals surface area (Å²) in [5.74, 6) is 2.07.